The molecule has 0 fully saturated rings. The molecule has 19 heavy (non-hydrogen) atoms. The van der Waals surface area contributed by atoms with Crippen molar-refractivity contribution in [2.75, 3.05) is 6.54 Å². The van der Waals surface area contributed by atoms with Gasteiger partial charge < -0.3 is 5.11 Å². The fourth-order valence-electron chi connectivity index (χ4n) is 1.54. The van der Waals surface area contributed by atoms with Gasteiger partial charge in [-0.15, -0.1) is 11.3 Å². The van der Waals surface area contributed by atoms with E-state index in [1.807, 2.05) is 17.7 Å². The van der Waals surface area contributed by atoms with E-state index in [9.17, 15) is 13.5 Å². The first-order valence-corrected chi connectivity index (χ1v) is 8.87. The summed E-state index contributed by atoms with van der Waals surface area (Å²) in [5.41, 5.74) is -0.498. The van der Waals surface area contributed by atoms with Crippen LogP contribution in [-0.4, -0.2) is 20.1 Å². The zero-order chi connectivity index (χ0) is 14.1. The number of aliphatic hydroxyl groups is 1. The van der Waals surface area contributed by atoms with Gasteiger partial charge in [0, 0.05) is 11.4 Å². The predicted octanol–water partition coefficient (Wildman–Crippen LogP) is 2.30. The Morgan fingerprint density at radius 1 is 1.37 bits per heavy atom. The summed E-state index contributed by atoms with van der Waals surface area (Å²) < 4.78 is 26.8. The molecule has 0 amide bonds. The highest BCUT2D eigenvalue weighted by Gasteiger charge is 2.27. The maximum absolute atomic E-state index is 12.1. The molecule has 4 nitrogen and oxygen atoms in total. The van der Waals surface area contributed by atoms with Crippen molar-refractivity contribution in [2.24, 2.45) is 0 Å². The lowest BCUT2D eigenvalue weighted by Gasteiger charge is -2.22. The Bertz CT molecular complexity index is 642. The predicted molar refractivity (Wildman–Crippen MR) is 78.1 cm³/mol. The minimum Gasteiger partial charge on any atom is -0.384 e. The fraction of sp³-hybridized carbons (Fsp3) is 0.333. The van der Waals surface area contributed by atoms with Crippen molar-refractivity contribution >= 4 is 32.7 Å². The maximum Gasteiger partial charge on any atom is 0.250 e. The standard InChI is InChI=1S/C12H15NO3S3/c1-9-3-4-11(18-9)19(15,16)13-8-12(2,14)10-5-6-17-7-10/h3-7,13-14H,8H2,1-2H3/t12-/m0/s1. The normalized spacial score (nSPS) is 15.3. The molecule has 0 bridgehead atoms. The molecule has 2 N–H and O–H groups in total. The van der Waals surface area contributed by atoms with E-state index in [4.69, 9.17) is 0 Å². The van der Waals surface area contributed by atoms with Crippen LogP contribution in [0.2, 0.25) is 0 Å². The van der Waals surface area contributed by atoms with Crippen LogP contribution in [0.5, 0.6) is 0 Å². The number of rotatable bonds is 5. The van der Waals surface area contributed by atoms with E-state index in [-0.39, 0.29) is 10.8 Å². The first-order valence-electron chi connectivity index (χ1n) is 5.62. The average Bonchev–Trinajstić information content (AvgIpc) is 2.97. The third-order valence-corrected chi connectivity index (χ3v) is 6.31. The third kappa shape index (κ3) is 3.43. The first kappa shape index (κ1) is 14.7. The van der Waals surface area contributed by atoms with Gasteiger partial charge in [-0.1, -0.05) is 0 Å². The topological polar surface area (TPSA) is 66.4 Å². The van der Waals surface area contributed by atoms with E-state index in [1.54, 1.807) is 25.1 Å². The Hall–Kier alpha value is -0.730. The molecule has 0 saturated heterocycles. The van der Waals surface area contributed by atoms with Crippen LogP contribution in [0.3, 0.4) is 0 Å². The van der Waals surface area contributed by atoms with Crippen molar-refractivity contribution in [2.45, 2.75) is 23.7 Å². The van der Waals surface area contributed by atoms with E-state index in [0.29, 0.717) is 5.56 Å². The Kier molecular flexibility index (Phi) is 4.12. The lowest BCUT2D eigenvalue weighted by atomic mass is 10.0. The highest BCUT2D eigenvalue weighted by molar-refractivity contribution is 7.91. The van der Waals surface area contributed by atoms with Gasteiger partial charge in [-0.25, -0.2) is 13.1 Å². The summed E-state index contributed by atoms with van der Waals surface area (Å²) in [6, 6.07) is 5.12. The molecule has 2 aromatic rings. The summed E-state index contributed by atoms with van der Waals surface area (Å²) in [4.78, 5) is 0.935. The van der Waals surface area contributed by atoms with E-state index in [0.717, 1.165) is 4.88 Å². The lowest BCUT2D eigenvalue weighted by Crippen LogP contribution is -2.38. The second-order valence-corrected chi connectivity index (χ2v) is 8.54. The SMILES string of the molecule is Cc1ccc(S(=O)(=O)NC[C@](C)(O)c2ccsc2)s1. The molecule has 0 aliphatic carbocycles. The Labute approximate surface area is 120 Å². The summed E-state index contributed by atoms with van der Waals surface area (Å²) in [6.45, 7) is 3.39. The van der Waals surface area contributed by atoms with Crippen LogP contribution >= 0.6 is 22.7 Å². The van der Waals surface area contributed by atoms with Gasteiger partial charge in [-0.05, 0) is 48.4 Å². The van der Waals surface area contributed by atoms with Crippen LogP contribution in [-0.2, 0) is 15.6 Å². The van der Waals surface area contributed by atoms with Gasteiger partial charge in [-0.2, -0.15) is 11.3 Å². The van der Waals surface area contributed by atoms with Crippen molar-refractivity contribution in [3.05, 3.63) is 39.4 Å². The molecule has 1 atom stereocenters. The Balaban J connectivity index is 2.10. The summed E-state index contributed by atoms with van der Waals surface area (Å²) in [7, 11) is -3.55. The van der Waals surface area contributed by atoms with E-state index >= 15 is 0 Å². The van der Waals surface area contributed by atoms with Crippen molar-refractivity contribution in [3.63, 3.8) is 0 Å². The molecule has 2 heterocycles. The summed E-state index contributed by atoms with van der Waals surface area (Å²) in [5, 5.41) is 13.9. The van der Waals surface area contributed by atoms with Gasteiger partial charge in [0.15, 0.2) is 0 Å². The molecule has 0 saturated carbocycles. The zero-order valence-electron chi connectivity index (χ0n) is 10.6. The molecule has 0 spiro atoms. The second kappa shape index (κ2) is 5.34. The van der Waals surface area contributed by atoms with Crippen molar-refractivity contribution < 1.29 is 13.5 Å². The first-order chi connectivity index (χ1) is 8.81. The molecule has 0 aromatic carbocycles. The van der Waals surface area contributed by atoms with Gasteiger partial charge in [0.2, 0.25) is 10.0 Å². The Morgan fingerprint density at radius 2 is 2.11 bits per heavy atom. The minimum absolute atomic E-state index is 0.0526. The molecule has 7 heteroatoms. The highest BCUT2D eigenvalue weighted by Crippen LogP contribution is 2.24. The van der Waals surface area contributed by atoms with Crippen molar-refractivity contribution in [3.8, 4) is 0 Å². The zero-order valence-corrected chi connectivity index (χ0v) is 13.0. The van der Waals surface area contributed by atoms with Gasteiger partial charge >= 0.3 is 0 Å². The van der Waals surface area contributed by atoms with Gasteiger partial charge in [-0.3, -0.25) is 0 Å². The lowest BCUT2D eigenvalue weighted by molar-refractivity contribution is 0.0632. The van der Waals surface area contributed by atoms with E-state index < -0.39 is 15.6 Å². The summed E-state index contributed by atoms with van der Waals surface area (Å²) in [6.07, 6.45) is 0. The van der Waals surface area contributed by atoms with Crippen LogP contribution in [0.15, 0.2) is 33.2 Å². The minimum atomic E-state index is -3.55. The highest BCUT2D eigenvalue weighted by atomic mass is 32.2. The smallest absolute Gasteiger partial charge is 0.250 e. The molecule has 0 radical (unpaired) electrons. The second-order valence-electron chi connectivity index (χ2n) is 4.48. The van der Waals surface area contributed by atoms with Crippen LogP contribution in [0, 0.1) is 6.92 Å². The fourth-order valence-corrected chi connectivity index (χ4v) is 4.78. The van der Waals surface area contributed by atoms with Crippen LogP contribution < -0.4 is 4.72 Å². The number of hydrogen-bond acceptors (Lipinski definition) is 5. The van der Waals surface area contributed by atoms with Crippen molar-refractivity contribution in [1.82, 2.24) is 4.72 Å². The van der Waals surface area contributed by atoms with Crippen molar-refractivity contribution in [1.29, 1.82) is 0 Å². The van der Waals surface area contributed by atoms with Crippen LogP contribution in [0.25, 0.3) is 0 Å². The number of sulfonamides is 1. The monoisotopic (exact) mass is 317 g/mol. The van der Waals surface area contributed by atoms with E-state index in [2.05, 4.69) is 4.72 Å². The maximum atomic E-state index is 12.1. The van der Waals surface area contributed by atoms with Gasteiger partial charge in [0.25, 0.3) is 0 Å². The molecule has 0 aliphatic rings. The third-order valence-electron chi connectivity index (χ3n) is 2.73. The van der Waals surface area contributed by atoms with Gasteiger partial charge in [0.1, 0.15) is 9.81 Å². The summed E-state index contributed by atoms with van der Waals surface area (Å²) in [5.74, 6) is 0. The largest absolute Gasteiger partial charge is 0.384 e. The summed E-state index contributed by atoms with van der Waals surface area (Å²) >= 11 is 2.68. The quantitative estimate of drug-likeness (QED) is 0.889. The number of hydrogen-bond donors (Lipinski definition) is 2. The van der Waals surface area contributed by atoms with Gasteiger partial charge in [0.05, 0.1) is 0 Å². The molecular formula is C12H15NO3S3. The van der Waals surface area contributed by atoms with Crippen LogP contribution in [0.1, 0.15) is 17.4 Å². The number of thiophene rings is 2. The molecule has 104 valence electrons. The van der Waals surface area contributed by atoms with Crippen LogP contribution in [0.4, 0.5) is 0 Å². The molecule has 0 unspecified atom stereocenters. The molecule has 0 aliphatic heterocycles. The Morgan fingerprint density at radius 3 is 2.63 bits per heavy atom. The van der Waals surface area contributed by atoms with E-state index in [1.165, 1.54) is 22.7 Å². The number of aryl methyl sites for hydroxylation is 1. The average molecular weight is 317 g/mol. The number of nitrogens with one attached hydrogen (secondary N) is 1. The molecular weight excluding hydrogens is 302 g/mol. The molecule has 2 rings (SSSR count). The molecule has 2 aromatic heterocycles.